The lowest BCUT2D eigenvalue weighted by atomic mass is 10.0. The fraction of sp³-hybridized carbons (Fsp3) is 0.417. The van der Waals surface area contributed by atoms with Crippen LogP contribution in [0.3, 0.4) is 0 Å². The molecule has 0 fully saturated rings. The molecule has 0 saturated carbocycles. The Bertz CT molecular complexity index is 992. The van der Waals surface area contributed by atoms with Gasteiger partial charge in [-0.25, -0.2) is 4.79 Å². The van der Waals surface area contributed by atoms with Crippen LogP contribution in [0.4, 0.5) is 0 Å². The van der Waals surface area contributed by atoms with Crippen molar-refractivity contribution < 1.29 is 29.0 Å². The number of nitrogens with two attached hydrogens (primary N) is 1. The number of carbonyl (C=O) groups is 3. The minimum absolute atomic E-state index is 0.0623. The second-order valence-corrected chi connectivity index (χ2v) is 8.34. The molecule has 0 aliphatic carbocycles. The van der Waals surface area contributed by atoms with E-state index in [2.05, 4.69) is 5.32 Å². The van der Waals surface area contributed by atoms with Crippen molar-refractivity contribution >= 4 is 17.7 Å². The topological polar surface area (TPSA) is 146 Å². The molecule has 1 amide bonds. The average Bonchev–Trinajstić information content (AvgIpc) is 3.24. The highest BCUT2D eigenvalue weighted by molar-refractivity contribution is 5.94. The van der Waals surface area contributed by atoms with E-state index < -0.39 is 24.0 Å². The van der Waals surface area contributed by atoms with E-state index >= 15 is 0 Å². The minimum atomic E-state index is -1.07. The number of aromatic nitrogens is 1. The second kappa shape index (κ2) is 12.0. The summed E-state index contributed by atoms with van der Waals surface area (Å²) in [5, 5.41) is 22.6. The first-order valence-corrected chi connectivity index (χ1v) is 10.8. The van der Waals surface area contributed by atoms with Gasteiger partial charge < -0.3 is 26.1 Å². The van der Waals surface area contributed by atoms with E-state index in [1.807, 2.05) is 19.9 Å². The van der Waals surface area contributed by atoms with E-state index in [-0.39, 0.29) is 18.1 Å². The number of rotatable bonds is 8. The molecule has 3 rings (SSSR count). The molecule has 2 atom stereocenters. The normalized spacial score (nSPS) is 13.7. The van der Waals surface area contributed by atoms with Crippen LogP contribution >= 0.6 is 0 Å². The lowest BCUT2D eigenvalue weighted by Gasteiger charge is -2.19. The number of carboxylic acid groups (broad SMARTS) is 1. The number of aliphatic carboxylic acids is 1. The van der Waals surface area contributed by atoms with Crippen molar-refractivity contribution in [3.63, 3.8) is 0 Å². The van der Waals surface area contributed by atoms with Gasteiger partial charge in [0.05, 0.1) is 19.1 Å². The van der Waals surface area contributed by atoms with Crippen LogP contribution in [-0.4, -0.2) is 41.5 Å². The van der Waals surface area contributed by atoms with Crippen molar-refractivity contribution in [1.82, 2.24) is 5.32 Å². The van der Waals surface area contributed by atoms with Gasteiger partial charge in [-0.05, 0) is 43.4 Å². The van der Waals surface area contributed by atoms with Crippen LogP contribution in [0.25, 0.3) is 0 Å². The number of nitrogens with one attached hydrogen (secondary N) is 1. The number of ketones is 1. The van der Waals surface area contributed by atoms with Gasteiger partial charge in [0, 0.05) is 11.6 Å². The summed E-state index contributed by atoms with van der Waals surface area (Å²) in [5.74, 6) is -0.769. The molecule has 0 bridgehead atoms. The molecule has 9 heteroatoms. The summed E-state index contributed by atoms with van der Waals surface area (Å²) < 4.78 is 6.02. The third kappa shape index (κ3) is 7.87. The maximum Gasteiger partial charge on any atom is 0.326 e. The highest BCUT2D eigenvalue weighted by Gasteiger charge is 2.24. The molecule has 0 saturated heterocycles. The van der Waals surface area contributed by atoms with Crippen molar-refractivity contribution in [2.45, 2.75) is 52.1 Å². The number of hydrogen-bond acceptors (Lipinski definition) is 6. The number of Topliss-reactive ketones (excluding diaryl/α,β-unsaturated/α-hetero) is 1. The first-order chi connectivity index (χ1) is 15.6. The summed E-state index contributed by atoms with van der Waals surface area (Å²) in [7, 11) is 0. The predicted octanol–water partition coefficient (Wildman–Crippen LogP) is 1.63. The van der Waals surface area contributed by atoms with Crippen LogP contribution in [0, 0.1) is 11.1 Å². The van der Waals surface area contributed by atoms with Gasteiger partial charge in [-0.2, -0.15) is 4.73 Å². The van der Waals surface area contributed by atoms with Crippen molar-refractivity contribution in [3.05, 3.63) is 64.6 Å². The maximum atomic E-state index is 12.1. The van der Waals surface area contributed by atoms with Gasteiger partial charge in [0.1, 0.15) is 6.04 Å². The number of carboxylic acids is 1. The third-order valence-electron chi connectivity index (χ3n) is 5.06. The molecular weight excluding hydrogens is 426 g/mol. The van der Waals surface area contributed by atoms with Crippen LogP contribution in [-0.2, 0) is 22.4 Å². The minimum Gasteiger partial charge on any atom is -0.618 e. The van der Waals surface area contributed by atoms with E-state index in [1.54, 1.807) is 30.3 Å². The Morgan fingerprint density at radius 2 is 1.97 bits per heavy atom. The van der Waals surface area contributed by atoms with Gasteiger partial charge in [0.2, 0.25) is 11.6 Å². The molecular formula is C24H31N3O6. The predicted molar refractivity (Wildman–Crippen MR) is 122 cm³/mol. The van der Waals surface area contributed by atoms with Crippen LogP contribution in [0.1, 0.15) is 48.8 Å². The summed E-state index contributed by atoms with van der Waals surface area (Å²) in [5.41, 5.74) is 7.93. The van der Waals surface area contributed by atoms with Gasteiger partial charge in [0.25, 0.3) is 0 Å². The fourth-order valence-corrected chi connectivity index (χ4v) is 3.36. The number of amides is 1. The smallest absolute Gasteiger partial charge is 0.326 e. The average molecular weight is 458 g/mol. The van der Waals surface area contributed by atoms with E-state index in [0.717, 1.165) is 28.2 Å². The molecule has 0 spiro atoms. The fourth-order valence-electron chi connectivity index (χ4n) is 3.36. The SMILES string of the molecule is CC(=O)c1cccc(C[C@H](N)C(=O)N[C@@H](CC(C)C)C(=O)O)c1.[O-][n+]1cccc2c1CCO2. The molecule has 1 aliphatic rings. The number of benzene rings is 1. The number of hydrogen-bond donors (Lipinski definition) is 3. The summed E-state index contributed by atoms with van der Waals surface area (Å²) >= 11 is 0. The Morgan fingerprint density at radius 3 is 2.58 bits per heavy atom. The third-order valence-corrected chi connectivity index (χ3v) is 5.06. The zero-order chi connectivity index (χ0) is 24.5. The number of carbonyl (C=O) groups excluding carboxylic acids is 2. The quantitative estimate of drug-likeness (QED) is 0.310. The molecule has 0 radical (unpaired) electrons. The molecule has 4 N–H and O–H groups in total. The molecule has 0 unspecified atom stereocenters. The van der Waals surface area contributed by atoms with E-state index in [4.69, 9.17) is 15.6 Å². The Kier molecular flexibility index (Phi) is 9.35. The zero-order valence-corrected chi connectivity index (χ0v) is 19.1. The van der Waals surface area contributed by atoms with Crippen molar-refractivity contribution in [2.75, 3.05) is 6.61 Å². The number of ether oxygens (including phenoxy) is 1. The van der Waals surface area contributed by atoms with Gasteiger partial charge >= 0.3 is 5.97 Å². The summed E-state index contributed by atoms with van der Waals surface area (Å²) in [6, 6.07) is 8.59. The molecule has 2 aromatic rings. The molecule has 2 heterocycles. The highest BCUT2D eigenvalue weighted by Crippen LogP contribution is 2.19. The monoisotopic (exact) mass is 457 g/mol. The van der Waals surface area contributed by atoms with Crippen molar-refractivity contribution in [2.24, 2.45) is 11.7 Å². The van der Waals surface area contributed by atoms with Crippen LogP contribution in [0.15, 0.2) is 42.6 Å². The van der Waals surface area contributed by atoms with Gasteiger partial charge in [-0.3, -0.25) is 9.59 Å². The highest BCUT2D eigenvalue weighted by atomic mass is 16.5. The second-order valence-electron chi connectivity index (χ2n) is 8.34. The largest absolute Gasteiger partial charge is 0.618 e. The lowest BCUT2D eigenvalue weighted by molar-refractivity contribution is -0.613. The van der Waals surface area contributed by atoms with Gasteiger partial charge in [0.15, 0.2) is 17.7 Å². The number of fused-ring (bicyclic) bond motifs is 1. The Morgan fingerprint density at radius 1 is 1.24 bits per heavy atom. The molecule has 1 aromatic carbocycles. The van der Waals surface area contributed by atoms with E-state index in [1.165, 1.54) is 13.1 Å². The molecule has 1 aromatic heterocycles. The molecule has 178 valence electrons. The van der Waals surface area contributed by atoms with Crippen LogP contribution < -0.4 is 20.5 Å². The van der Waals surface area contributed by atoms with Crippen LogP contribution in [0.2, 0.25) is 0 Å². The van der Waals surface area contributed by atoms with E-state index in [9.17, 15) is 19.6 Å². The Labute approximate surface area is 193 Å². The number of nitrogens with zero attached hydrogens (tertiary/aromatic N) is 1. The molecule has 1 aliphatic heterocycles. The first-order valence-electron chi connectivity index (χ1n) is 10.8. The van der Waals surface area contributed by atoms with Crippen molar-refractivity contribution in [3.8, 4) is 5.75 Å². The zero-order valence-electron chi connectivity index (χ0n) is 19.1. The maximum absolute atomic E-state index is 12.1. The van der Waals surface area contributed by atoms with Gasteiger partial charge in [-0.1, -0.05) is 32.0 Å². The Hall–Kier alpha value is -3.46. The van der Waals surface area contributed by atoms with Crippen molar-refractivity contribution in [1.29, 1.82) is 0 Å². The number of pyridine rings is 1. The van der Waals surface area contributed by atoms with Crippen LogP contribution in [0.5, 0.6) is 5.75 Å². The molecule has 9 nitrogen and oxygen atoms in total. The standard InChI is InChI=1S/C17H24N2O4.C7H7NO2/c1-10(2)7-15(17(22)23)19-16(21)14(18)9-12-5-4-6-13(8-12)11(3)20;9-8-4-1-2-7-6(8)3-5-10-7/h4-6,8,10,14-15H,7,9,18H2,1-3H3,(H,19,21)(H,22,23);1-2,4H,3,5H2/t14-,15-;/m0./s1. The summed E-state index contributed by atoms with van der Waals surface area (Å²) in [6.45, 7) is 5.88. The Balaban J connectivity index is 0.000000315. The summed E-state index contributed by atoms with van der Waals surface area (Å²) in [4.78, 5) is 34.6. The van der Waals surface area contributed by atoms with E-state index in [0.29, 0.717) is 18.6 Å². The molecule has 33 heavy (non-hydrogen) atoms. The lowest BCUT2D eigenvalue weighted by Crippen LogP contribution is -2.49. The first kappa shape index (κ1) is 25.8. The summed E-state index contributed by atoms with van der Waals surface area (Å²) in [6.07, 6.45) is 2.81. The van der Waals surface area contributed by atoms with Gasteiger partial charge in [-0.15, -0.1) is 0 Å².